The number of benzene rings is 1. The van der Waals surface area contributed by atoms with Crippen LogP contribution < -0.4 is 4.74 Å². The van der Waals surface area contributed by atoms with Gasteiger partial charge in [-0.3, -0.25) is 9.20 Å². The molecule has 1 aromatic carbocycles. The molecular weight excluding hydrogens is 354 g/mol. The molecule has 0 bridgehead atoms. The predicted molar refractivity (Wildman–Crippen MR) is 106 cm³/mol. The zero-order valence-electron chi connectivity index (χ0n) is 15.6. The van der Waals surface area contributed by atoms with E-state index in [4.69, 9.17) is 4.74 Å². The number of pyridine rings is 1. The third-order valence-electron chi connectivity index (χ3n) is 5.49. The van der Waals surface area contributed by atoms with Gasteiger partial charge in [0.05, 0.1) is 7.11 Å². The van der Waals surface area contributed by atoms with Crippen LogP contribution in [0.15, 0.2) is 48.7 Å². The fourth-order valence-electron chi connectivity index (χ4n) is 4.10. The Bertz CT molecular complexity index is 1160. The van der Waals surface area contributed by atoms with E-state index >= 15 is 0 Å². The van der Waals surface area contributed by atoms with E-state index in [0.717, 1.165) is 47.5 Å². The zero-order valence-corrected chi connectivity index (χ0v) is 15.6. The average molecular weight is 375 g/mol. The van der Waals surface area contributed by atoms with Crippen molar-refractivity contribution in [2.45, 2.75) is 18.8 Å². The average Bonchev–Trinajstić information content (AvgIpc) is 3.37. The number of aromatic amines is 1. The van der Waals surface area contributed by atoms with E-state index in [-0.39, 0.29) is 11.8 Å². The molecule has 4 heterocycles. The van der Waals surface area contributed by atoms with E-state index in [1.54, 1.807) is 7.11 Å². The van der Waals surface area contributed by atoms with Crippen LogP contribution in [-0.4, -0.2) is 50.6 Å². The lowest BCUT2D eigenvalue weighted by Crippen LogP contribution is -2.39. The van der Waals surface area contributed by atoms with Crippen molar-refractivity contribution < 1.29 is 9.53 Å². The van der Waals surface area contributed by atoms with Gasteiger partial charge in [0.15, 0.2) is 5.65 Å². The number of H-pyrrole nitrogens is 1. The van der Waals surface area contributed by atoms with Gasteiger partial charge in [0, 0.05) is 36.1 Å². The molecule has 1 aliphatic rings. The van der Waals surface area contributed by atoms with Crippen molar-refractivity contribution in [2.24, 2.45) is 0 Å². The summed E-state index contributed by atoms with van der Waals surface area (Å²) in [5.74, 6) is 1.87. The van der Waals surface area contributed by atoms with E-state index in [1.165, 1.54) is 0 Å². The number of rotatable bonds is 3. The SMILES string of the molecule is COc1cccc2[nH]c(C(=O)N3CCCC(c4nnc5ccccn45)C3)cc12. The van der Waals surface area contributed by atoms with Crippen molar-refractivity contribution in [1.82, 2.24) is 24.5 Å². The van der Waals surface area contributed by atoms with Gasteiger partial charge in [0.1, 0.15) is 17.3 Å². The molecule has 0 aliphatic carbocycles. The number of nitrogens with zero attached hydrogens (tertiary/aromatic N) is 4. The summed E-state index contributed by atoms with van der Waals surface area (Å²) in [4.78, 5) is 18.3. The van der Waals surface area contributed by atoms with Crippen LogP contribution in [0.3, 0.4) is 0 Å². The number of nitrogens with one attached hydrogen (secondary N) is 1. The normalized spacial score (nSPS) is 17.3. The summed E-state index contributed by atoms with van der Waals surface area (Å²) in [5, 5.41) is 9.57. The first-order valence-electron chi connectivity index (χ1n) is 9.49. The van der Waals surface area contributed by atoms with E-state index in [0.29, 0.717) is 12.2 Å². The number of hydrogen-bond acceptors (Lipinski definition) is 4. The Morgan fingerprint density at radius 2 is 2.14 bits per heavy atom. The highest BCUT2D eigenvalue weighted by atomic mass is 16.5. The maximum absolute atomic E-state index is 13.2. The number of fused-ring (bicyclic) bond motifs is 2. The number of ether oxygens (including phenoxy) is 1. The number of likely N-dealkylation sites (tertiary alicyclic amines) is 1. The van der Waals surface area contributed by atoms with Gasteiger partial charge in [-0.1, -0.05) is 12.1 Å². The minimum Gasteiger partial charge on any atom is -0.496 e. The van der Waals surface area contributed by atoms with Crippen LogP contribution in [0.2, 0.25) is 0 Å². The van der Waals surface area contributed by atoms with E-state index in [9.17, 15) is 4.79 Å². The molecule has 1 fully saturated rings. The summed E-state index contributed by atoms with van der Waals surface area (Å²) in [5.41, 5.74) is 2.33. The van der Waals surface area contributed by atoms with Crippen molar-refractivity contribution in [3.63, 3.8) is 0 Å². The Morgan fingerprint density at radius 3 is 3.04 bits per heavy atom. The Labute approximate surface area is 161 Å². The first-order valence-corrected chi connectivity index (χ1v) is 9.49. The van der Waals surface area contributed by atoms with Gasteiger partial charge in [-0.2, -0.15) is 0 Å². The lowest BCUT2D eigenvalue weighted by Gasteiger charge is -2.31. The fourth-order valence-corrected chi connectivity index (χ4v) is 4.10. The quantitative estimate of drug-likeness (QED) is 0.596. The largest absolute Gasteiger partial charge is 0.496 e. The number of methoxy groups -OCH3 is 1. The molecule has 0 radical (unpaired) electrons. The van der Waals surface area contributed by atoms with Crippen molar-refractivity contribution in [3.05, 3.63) is 60.2 Å². The third-order valence-corrected chi connectivity index (χ3v) is 5.49. The lowest BCUT2D eigenvalue weighted by molar-refractivity contribution is 0.0699. The molecule has 142 valence electrons. The minimum absolute atomic E-state index is 0.0109. The first kappa shape index (κ1) is 16.8. The molecule has 3 aromatic heterocycles. The molecule has 7 heteroatoms. The Morgan fingerprint density at radius 1 is 1.21 bits per heavy atom. The van der Waals surface area contributed by atoms with Crippen LogP contribution in [0.5, 0.6) is 5.75 Å². The van der Waals surface area contributed by atoms with E-state index in [2.05, 4.69) is 15.2 Å². The van der Waals surface area contributed by atoms with Crippen LogP contribution in [0.1, 0.15) is 35.1 Å². The summed E-state index contributed by atoms with van der Waals surface area (Å²) in [6.07, 6.45) is 3.93. The molecule has 1 atom stereocenters. The molecule has 1 N–H and O–H groups in total. The molecule has 1 amide bonds. The fraction of sp³-hybridized carbons (Fsp3) is 0.286. The summed E-state index contributed by atoms with van der Waals surface area (Å²) >= 11 is 0. The summed E-state index contributed by atoms with van der Waals surface area (Å²) < 4.78 is 7.43. The highest BCUT2D eigenvalue weighted by Gasteiger charge is 2.29. The van der Waals surface area contributed by atoms with Gasteiger partial charge in [-0.25, -0.2) is 0 Å². The summed E-state index contributed by atoms with van der Waals surface area (Å²) in [6, 6.07) is 13.5. The standard InChI is InChI=1S/C21H21N5O2/c1-28-18-8-4-7-16-15(18)12-17(22-16)21(27)25-10-5-6-14(13-25)20-24-23-19-9-2-3-11-26(19)20/h2-4,7-9,11-12,14,22H,5-6,10,13H2,1H3. The van der Waals surface area contributed by atoms with Crippen LogP contribution >= 0.6 is 0 Å². The molecule has 4 aromatic rings. The maximum atomic E-state index is 13.2. The Kier molecular flexibility index (Phi) is 4.00. The monoisotopic (exact) mass is 375 g/mol. The predicted octanol–water partition coefficient (Wildman–Crippen LogP) is 3.24. The molecule has 0 spiro atoms. The first-order chi connectivity index (χ1) is 13.7. The second-order valence-corrected chi connectivity index (χ2v) is 7.18. The van der Waals surface area contributed by atoms with Crippen LogP contribution in [-0.2, 0) is 0 Å². The molecule has 1 unspecified atom stereocenters. The smallest absolute Gasteiger partial charge is 0.270 e. The second kappa shape index (κ2) is 6.67. The number of amides is 1. The van der Waals surface area contributed by atoms with Crippen LogP contribution in [0.25, 0.3) is 16.6 Å². The van der Waals surface area contributed by atoms with Crippen LogP contribution in [0.4, 0.5) is 0 Å². The van der Waals surface area contributed by atoms with Crippen molar-refractivity contribution in [1.29, 1.82) is 0 Å². The number of carbonyl (C=O) groups is 1. The second-order valence-electron chi connectivity index (χ2n) is 7.18. The minimum atomic E-state index is 0.0109. The number of piperidine rings is 1. The van der Waals surface area contributed by atoms with Gasteiger partial charge >= 0.3 is 0 Å². The van der Waals surface area contributed by atoms with Crippen molar-refractivity contribution in [3.8, 4) is 5.75 Å². The molecule has 7 nitrogen and oxygen atoms in total. The Balaban J connectivity index is 1.42. The lowest BCUT2D eigenvalue weighted by atomic mass is 9.97. The van der Waals surface area contributed by atoms with Crippen molar-refractivity contribution in [2.75, 3.05) is 20.2 Å². The van der Waals surface area contributed by atoms with Gasteiger partial charge in [-0.05, 0) is 43.2 Å². The molecular formula is C21H21N5O2. The molecule has 0 saturated carbocycles. The zero-order chi connectivity index (χ0) is 19.1. The Hall–Kier alpha value is -3.35. The number of carbonyl (C=O) groups excluding carboxylic acids is 1. The topological polar surface area (TPSA) is 75.5 Å². The molecule has 5 rings (SSSR count). The van der Waals surface area contributed by atoms with E-state index < -0.39 is 0 Å². The summed E-state index contributed by atoms with van der Waals surface area (Å²) in [6.45, 7) is 1.39. The van der Waals surface area contributed by atoms with E-state index in [1.807, 2.05) is 58.0 Å². The molecule has 1 saturated heterocycles. The molecule has 1 aliphatic heterocycles. The van der Waals surface area contributed by atoms with Gasteiger partial charge in [0.2, 0.25) is 0 Å². The summed E-state index contributed by atoms with van der Waals surface area (Å²) in [7, 11) is 1.64. The van der Waals surface area contributed by atoms with Crippen LogP contribution in [0, 0.1) is 0 Å². The van der Waals surface area contributed by atoms with Crippen molar-refractivity contribution >= 4 is 22.5 Å². The van der Waals surface area contributed by atoms with Gasteiger partial charge < -0.3 is 14.6 Å². The number of aromatic nitrogens is 4. The van der Waals surface area contributed by atoms with Gasteiger partial charge in [-0.15, -0.1) is 10.2 Å². The molecule has 28 heavy (non-hydrogen) atoms. The highest BCUT2D eigenvalue weighted by molar-refractivity contribution is 5.99. The third kappa shape index (κ3) is 2.70. The highest BCUT2D eigenvalue weighted by Crippen LogP contribution is 2.29. The maximum Gasteiger partial charge on any atom is 0.270 e. The van der Waals surface area contributed by atoms with Gasteiger partial charge in [0.25, 0.3) is 5.91 Å². The number of hydrogen-bond donors (Lipinski definition) is 1.